The summed E-state index contributed by atoms with van der Waals surface area (Å²) in [5.74, 6) is -0.230. The third-order valence-electron chi connectivity index (χ3n) is 4.23. The van der Waals surface area contributed by atoms with E-state index in [1.807, 2.05) is 26.0 Å². The first-order chi connectivity index (χ1) is 12.4. The van der Waals surface area contributed by atoms with Crippen LogP contribution in [0, 0.1) is 6.92 Å². The van der Waals surface area contributed by atoms with Crippen molar-refractivity contribution in [3.05, 3.63) is 59.7 Å². The lowest BCUT2D eigenvalue weighted by Gasteiger charge is -2.30. The van der Waals surface area contributed by atoms with E-state index >= 15 is 0 Å². The largest absolute Gasteiger partial charge is 0.376 e. The van der Waals surface area contributed by atoms with E-state index in [0.29, 0.717) is 30.9 Å². The van der Waals surface area contributed by atoms with E-state index < -0.39 is 10.0 Å². The normalized spacial score (nSPS) is 18.5. The standard InChI is InChI=1S/C19H22N2O4S/c1-14-4-3-5-16(12-14)19(22)20-17-6-8-18(9-7-17)26(23,24)21-10-11-25-15(2)13-21/h3-9,12,15H,10-11,13H2,1-2H3,(H,20,22). The number of aryl methyl sites for hydroxylation is 1. The fourth-order valence-electron chi connectivity index (χ4n) is 2.85. The Morgan fingerprint density at radius 1 is 1.19 bits per heavy atom. The smallest absolute Gasteiger partial charge is 0.255 e. The molecule has 0 aromatic heterocycles. The molecule has 26 heavy (non-hydrogen) atoms. The Hall–Kier alpha value is -2.22. The number of sulfonamides is 1. The van der Waals surface area contributed by atoms with E-state index in [1.165, 1.54) is 16.4 Å². The van der Waals surface area contributed by atoms with Crippen LogP contribution < -0.4 is 5.32 Å². The number of hydrogen-bond donors (Lipinski definition) is 1. The number of morpholine rings is 1. The number of amides is 1. The number of carbonyl (C=O) groups is 1. The summed E-state index contributed by atoms with van der Waals surface area (Å²) in [5, 5.41) is 2.78. The molecule has 0 spiro atoms. The molecule has 1 aliphatic rings. The van der Waals surface area contributed by atoms with Gasteiger partial charge in [-0.2, -0.15) is 4.31 Å². The Balaban J connectivity index is 1.73. The molecule has 1 unspecified atom stereocenters. The van der Waals surface area contributed by atoms with Gasteiger partial charge in [-0.3, -0.25) is 4.79 Å². The van der Waals surface area contributed by atoms with Gasteiger partial charge in [0.05, 0.1) is 17.6 Å². The molecule has 1 saturated heterocycles. The average molecular weight is 374 g/mol. The summed E-state index contributed by atoms with van der Waals surface area (Å²) in [6.07, 6.45) is -0.119. The highest BCUT2D eigenvalue weighted by molar-refractivity contribution is 7.89. The van der Waals surface area contributed by atoms with Gasteiger partial charge in [0.1, 0.15) is 0 Å². The van der Waals surface area contributed by atoms with E-state index in [0.717, 1.165) is 5.56 Å². The Labute approximate surface area is 153 Å². The van der Waals surface area contributed by atoms with E-state index in [-0.39, 0.29) is 16.9 Å². The summed E-state index contributed by atoms with van der Waals surface area (Å²) in [4.78, 5) is 12.5. The minimum atomic E-state index is -3.56. The predicted octanol–water partition coefficient (Wildman–Crippen LogP) is 2.66. The van der Waals surface area contributed by atoms with E-state index in [9.17, 15) is 13.2 Å². The van der Waals surface area contributed by atoms with Gasteiger partial charge in [-0.25, -0.2) is 8.42 Å². The van der Waals surface area contributed by atoms with E-state index in [4.69, 9.17) is 4.74 Å². The van der Waals surface area contributed by atoms with Gasteiger partial charge in [-0.15, -0.1) is 0 Å². The molecule has 1 atom stereocenters. The fraction of sp³-hybridized carbons (Fsp3) is 0.316. The zero-order valence-corrected chi connectivity index (χ0v) is 15.6. The lowest BCUT2D eigenvalue weighted by atomic mass is 10.1. The number of benzene rings is 2. The number of ether oxygens (including phenoxy) is 1. The molecule has 1 aliphatic heterocycles. The van der Waals surface area contributed by atoms with Crippen LogP contribution in [-0.2, 0) is 14.8 Å². The molecule has 1 heterocycles. The topological polar surface area (TPSA) is 75.7 Å². The highest BCUT2D eigenvalue weighted by atomic mass is 32.2. The van der Waals surface area contributed by atoms with Crippen molar-refractivity contribution in [3.63, 3.8) is 0 Å². The first-order valence-electron chi connectivity index (χ1n) is 8.46. The maximum Gasteiger partial charge on any atom is 0.255 e. The third-order valence-corrected chi connectivity index (χ3v) is 6.11. The maximum absolute atomic E-state index is 12.7. The number of hydrogen-bond acceptors (Lipinski definition) is 4. The summed E-state index contributed by atoms with van der Waals surface area (Å²) < 4.78 is 32.2. The van der Waals surface area contributed by atoms with Crippen LogP contribution in [-0.4, -0.2) is 44.4 Å². The van der Waals surface area contributed by atoms with Crippen molar-refractivity contribution in [2.24, 2.45) is 0 Å². The zero-order chi connectivity index (χ0) is 18.7. The number of anilines is 1. The van der Waals surface area contributed by atoms with Crippen molar-refractivity contribution < 1.29 is 17.9 Å². The van der Waals surface area contributed by atoms with Gasteiger partial charge in [0.15, 0.2) is 0 Å². The Morgan fingerprint density at radius 2 is 1.92 bits per heavy atom. The lowest BCUT2D eigenvalue weighted by molar-refractivity contribution is 0.0102. The van der Waals surface area contributed by atoms with Crippen LogP contribution >= 0.6 is 0 Å². The maximum atomic E-state index is 12.7. The molecular formula is C19H22N2O4S. The average Bonchev–Trinajstić information content (AvgIpc) is 2.62. The van der Waals surface area contributed by atoms with Crippen molar-refractivity contribution in [3.8, 4) is 0 Å². The van der Waals surface area contributed by atoms with Crippen LogP contribution in [0.1, 0.15) is 22.8 Å². The number of carbonyl (C=O) groups excluding carboxylic acids is 1. The zero-order valence-electron chi connectivity index (χ0n) is 14.8. The lowest BCUT2D eigenvalue weighted by Crippen LogP contribution is -2.44. The molecule has 2 aromatic rings. The molecule has 0 bridgehead atoms. The minimum absolute atomic E-state index is 0.119. The molecule has 3 rings (SSSR count). The Bertz CT molecular complexity index is 894. The molecule has 6 nitrogen and oxygen atoms in total. The second-order valence-electron chi connectivity index (χ2n) is 6.39. The highest BCUT2D eigenvalue weighted by Gasteiger charge is 2.29. The Kier molecular flexibility index (Phi) is 5.41. The fourth-order valence-corrected chi connectivity index (χ4v) is 4.35. The van der Waals surface area contributed by atoms with Gasteiger partial charge in [-0.1, -0.05) is 17.7 Å². The second-order valence-corrected chi connectivity index (χ2v) is 8.33. The second kappa shape index (κ2) is 7.57. The van der Waals surface area contributed by atoms with Gasteiger partial charge >= 0.3 is 0 Å². The molecular weight excluding hydrogens is 352 g/mol. The van der Waals surface area contributed by atoms with Crippen molar-refractivity contribution in [1.82, 2.24) is 4.31 Å². The molecule has 1 fully saturated rings. The van der Waals surface area contributed by atoms with Gasteiger partial charge in [0.2, 0.25) is 10.0 Å². The molecule has 1 N–H and O–H groups in total. The first kappa shape index (κ1) is 18.6. The molecule has 2 aromatic carbocycles. The first-order valence-corrected chi connectivity index (χ1v) is 9.90. The summed E-state index contributed by atoms with van der Waals surface area (Å²) in [7, 11) is -3.56. The number of nitrogens with zero attached hydrogens (tertiary/aromatic N) is 1. The van der Waals surface area contributed by atoms with Crippen LogP contribution in [0.5, 0.6) is 0 Å². The van der Waals surface area contributed by atoms with Gasteiger partial charge < -0.3 is 10.1 Å². The van der Waals surface area contributed by atoms with Crippen LogP contribution in [0.15, 0.2) is 53.4 Å². The van der Waals surface area contributed by atoms with Crippen molar-refractivity contribution in [2.75, 3.05) is 25.0 Å². The quantitative estimate of drug-likeness (QED) is 0.893. The predicted molar refractivity (Wildman–Crippen MR) is 99.7 cm³/mol. The highest BCUT2D eigenvalue weighted by Crippen LogP contribution is 2.21. The summed E-state index contributed by atoms with van der Waals surface area (Å²) >= 11 is 0. The van der Waals surface area contributed by atoms with Gasteiger partial charge in [0.25, 0.3) is 5.91 Å². The van der Waals surface area contributed by atoms with Crippen LogP contribution in [0.4, 0.5) is 5.69 Å². The van der Waals surface area contributed by atoms with E-state index in [2.05, 4.69) is 5.32 Å². The van der Waals surface area contributed by atoms with Crippen molar-refractivity contribution >= 4 is 21.6 Å². The molecule has 0 aliphatic carbocycles. The van der Waals surface area contributed by atoms with Crippen LogP contribution in [0.3, 0.4) is 0 Å². The summed E-state index contributed by atoms with van der Waals surface area (Å²) in [6, 6.07) is 13.5. The summed E-state index contributed by atoms with van der Waals surface area (Å²) in [6.45, 7) is 4.85. The van der Waals surface area contributed by atoms with Crippen molar-refractivity contribution in [1.29, 1.82) is 0 Å². The number of rotatable bonds is 4. The monoisotopic (exact) mass is 374 g/mol. The molecule has 1 amide bonds. The SMILES string of the molecule is Cc1cccc(C(=O)Nc2ccc(S(=O)(=O)N3CCOC(C)C3)cc2)c1. The van der Waals surface area contributed by atoms with Crippen LogP contribution in [0.25, 0.3) is 0 Å². The molecule has 7 heteroatoms. The molecule has 0 saturated carbocycles. The molecule has 138 valence electrons. The van der Waals surface area contributed by atoms with Crippen LogP contribution in [0.2, 0.25) is 0 Å². The molecule has 0 radical (unpaired) electrons. The minimum Gasteiger partial charge on any atom is -0.376 e. The number of nitrogens with one attached hydrogen (secondary N) is 1. The Morgan fingerprint density at radius 3 is 2.58 bits per heavy atom. The van der Waals surface area contributed by atoms with E-state index in [1.54, 1.807) is 24.3 Å². The van der Waals surface area contributed by atoms with Gasteiger partial charge in [-0.05, 0) is 50.2 Å². The summed E-state index contributed by atoms with van der Waals surface area (Å²) in [5.41, 5.74) is 2.11. The third kappa shape index (κ3) is 4.12. The van der Waals surface area contributed by atoms with Gasteiger partial charge in [0, 0.05) is 24.3 Å². The van der Waals surface area contributed by atoms with Crippen molar-refractivity contribution in [2.45, 2.75) is 24.8 Å².